The molecule has 0 heterocycles. The van der Waals surface area contributed by atoms with Crippen LogP contribution in [0.4, 0.5) is 4.39 Å². The Morgan fingerprint density at radius 1 is 1.38 bits per heavy atom. The van der Waals surface area contributed by atoms with Gasteiger partial charge in [0.2, 0.25) is 0 Å². The number of ether oxygens (including phenoxy) is 1. The lowest BCUT2D eigenvalue weighted by molar-refractivity contribution is -0.128. The highest BCUT2D eigenvalue weighted by molar-refractivity contribution is 5.81. The molecule has 21 heavy (non-hydrogen) atoms. The van der Waals surface area contributed by atoms with Crippen molar-refractivity contribution in [2.75, 3.05) is 0 Å². The van der Waals surface area contributed by atoms with Gasteiger partial charge in [0, 0.05) is 12.1 Å². The summed E-state index contributed by atoms with van der Waals surface area (Å²) in [5.41, 5.74) is 6.40. The molecule has 1 aromatic rings. The number of benzene rings is 1. The fraction of sp³-hybridized carbons (Fsp3) is 0.562. The lowest BCUT2D eigenvalue weighted by atomic mass is 10.1. The summed E-state index contributed by atoms with van der Waals surface area (Å²) in [4.78, 5) is 12.0. The zero-order chi connectivity index (χ0) is 15.4. The van der Waals surface area contributed by atoms with Crippen LogP contribution in [0.25, 0.3) is 0 Å². The van der Waals surface area contributed by atoms with Gasteiger partial charge in [-0.2, -0.15) is 0 Å². The van der Waals surface area contributed by atoms with Crippen molar-refractivity contribution in [1.29, 1.82) is 0 Å². The minimum atomic E-state index is -0.721. The molecule has 1 amide bonds. The summed E-state index contributed by atoms with van der Waals surface area (Å²) < 4.78 is 19.4. The molecule has 1 unspecified atom stereocenters. The van der Waals surface area contributed by atoms with Gasteiger partial charge >= 0.3 is 0 Å². The number of nitrogens with one attached hydrogen (secondary N) is 1. The maximum atomic E-state index is 13.9. The van der Waals surface area contributed by atoms with Gasteiger partial charge in [0.05, 0.1) is 0 Å². The average molecular weight is 294 g/mol. The van der Waals surface area contributed by atoms with Gasteiger partial charge in [-0.3, -0.25) is 4.79 Å². The third-order valence-electron chi connectivity index (χ3n) is 3.86. The van der Waals surface area contributed by atoms with E-state index < -0.39 is 11.9 Å². The van der Waals surface area contributed by atoms with Crippen LogP contribution in [0.3, 0.4) is 0 Å². The molecule has 116 valence electrons. The van der Waals surface area contributed by atoms with Crippen LogP contribution < -0.4 is 15.8 Å². The van der Waals surface area contributed by atoms with E-state index in [9.17, 15) is 9.18 Å². The Morgan fingerprint density at radius 3 is 2.62 bits per heavy atom. The van der Waals surface area contributed by atoms with Gasteiger partial charge in [0.25, 0.3) is 5.91 Å². The summed E-state index contributed by atoms with van der Waals surface area (Å²) in [6, 6.07) is 4.57. The molecule has 3 N–H and O–H groups in total. The van der Waals surface area contributed by atoms with Crippen LogP contribution in [-0.2, 0) is 4.79 Å². The Hall–Kier alpha value is -1.62. The SMILES string of the molecule is CC(Oc1ccc([C@H](C)N)cc1F)C(=O)NC1CCCC1. The zero-order valence-electron chi connectivity index (χ0n) is 12.6. The van der Waals surface area contributed by atoms with Crippen molar-refractivity contribution in [2.24, 2.45) is 5.73 Å². The van der Waals surface area contributed by atoms with Gasteiger partial charge < -0.3 is 15.8 Å². The number of nitrogens with two attached hydrogens (primary N) is 1. The number of carbonyl (C=O) groups excluding carboxylic acids is 1. The molecule has 2 atom stereocenters. The molecule has 1 aromatic carbocycles. The predicted octanol–water partition coefficient (Wildman–Crippen LogP) is 2.67. The van der Waals surface area contributed by atoms with Crippen LogP contribution in [0, 0.1) is 5.82 Å². The van der Waals surface area contributed by atoms with Gasteiger partial charge in [0.1, 0.15) is 0 Å². The van der Waals surface area contributed by atoms with E-state index in [0.717, 1.165) is 25.7 Å². The van der Waals surface area contributed by atoms with Crippen molar-refractivity contribution in [3.63, 3.8) is 0 Å². The van der Waals surface area contributed by atoms with Gasteiger partial charge in [-0.15, -0.1) is 0 Å². The van der Waals surface area contributed by atoms with Crippen molar-refractivity contribution in [3.8, 4) is 5.75 Å². The standard InChI is InChI=1S/C16H23FN2O2/c1-10(18)12-7-8-15(14(17)9-12)21-11(2)16(20)19-13-5-3-4-6-13/h7-11,13H,3-6,18H2,1-2H3,(H,19,20)/t10-,11?/m0/s1. The first-order valence-electron chi connectivity index (χ1n) is 7.49. The largest absolute Gasteiger partial charge is 0.478 e. The van der Waals surface area contributed by atoms with Crippen LogP contribution in [0.1, 0.15) is 51.1 Å². The Balaban J connectivity index is 1.95. The molecule has 2 rings (SSSR count). The fourth-order valence-electron chi connectivity index (χ4n) is 2.53. The Morgan fingerprint density at radius 2 is 2.05 bits per heavy atom. The Kier molecular flexibility index (Phi) is 5.17. The highest BCUT2D eigenvalue weighted by atomic mass is 19.1. The maximum Gasteiger partial charge on any atom is 0.260 e. The topological polar surface area (TPSA) is 64.3 Å². The zero-order valence-corrected chi connectivity index (χ0v) is 12.6. The molecule has 1 fully saturated rings. The Labute approximate surface area is 124 Å². The number of hydrogen-bond donors (Lipinski definition) is 2. The van der Waals surface area contributed by atoms with Crippen molar-refractivity contribution < 1.29 is 13.9 Å². The quantitative estimate of drug-likeness (QED) is 0.877. The second-order valence-electron chi connectivity index (χ2n) is 5.73. The summed E-state index contributed by atoms with van der Waals surface area (Å²) >= 11 is 0. The van der Waals surface area contributed by atoms with Crippen LogP contribution in [-0.4, -0.2) is 18.1 Å². The maximum absolute atomic E-state index is 13.9. The average Bonchev–Trinajstić information content (AvgIpc) is 2.93. The van der Waals surface area contributed by atoms with E-state index in [1.807, 2.05) is 0 Å². The molecule has 1 saturated carbocycles. The summed E-state index contributed by atoms with van der Waals surface area (Å²) in [6.07, 6.45) is 3.59. The number of halogens is 1. The lowest BCUT2D eigenvalue weighted by Gasteiger charge is -2.18. The first kappa shape index (κ1) is 15.8. The summed E-state index contributed by atoms with van der Waals surface area (Å²) in [7, 11) is 0. The molecule has 1 aliphatic rings. The molecular formula is C16H23FN2O2. The third kappa shape index (κ3) is 4.17. The summed E-state index contributed by atoms with van der Waals surface area (Å²) in [5, 5.41) is 2.94. The first-order chi connectivity index (χ1) is 9.97. The third-order valence-corrected chi connectivity index (χ3v) is 3.86. The smallest absolute Gasteiger partial charge is 0.260 e. The second-order valence-corrected chi connectivity index (χ2v) is 5.73. The van der Waals surface area contributed by atoms with E-state index in [1.165, 1.54) is 12.1 Å². The molecule has 0 aromatic heterocycles. The predicted molar refractivity (Wildman–Crippen MR) is 79.5 cm³/mol. The highest BCUT2D eigenvalue weighted by Crippen LogP contribution is 2.22. The minimum Gasteiger partial charge on any atom is -0.478 e. The molecule has 0 aliphatic heterocycles. The van der Waals surface area contributed by atoms with Crippen LogP contribution in [0.15, 0.2) is 18.2 Å². The molecule has 0 bridgehead atoms. The van der Waals surface area contributed by atoms with Crippen molar-refractivity contribution in [2.45, 2.75) is 57.7 Å². The van der Waals surface area contributed by atoms with Gasteiger partial charge in [-0.25, -0.2) is 4.39 Å². The summed E-state index contributed by atoms with van der Waals surface area (Å²) in [6.45, 7) is 3.41. The van der Waals surface area contributed by atoms with E-state index in [1.54, 1.807) is 19.9 Å². The van der Waals surface area contributed by atoms with E-state index in [2.05, 4.69) is 5.32 Å². The van der Waals surface area contributed by atoms with E-state index in [-0.39, 0.29) is 23.7 Å². The molecular weight excluding hydrogens is 271 g/mol. The highest BCUT2D eigenvalue weighted by Gasteiger charge is 2.22. The van der Waals surface area contributed by atoms with Crippen molar-refractivity contribution >= 4 is 5.91 Å². The minimum absolute atomic E-state index is 0.0773. The molecule has 5 heteroatoms. The van der Waals surface area contributed by atoms with Crippen molar-refractivity contribution in [1.82, 2.24) is 5.32 Å². The second kappa shape index (κ2) is 6.89. The molecule has 0 spiro atoms. The summed E-state index contributed by atoms with van der Waals surface area (Å²) in [5.74, 6) is -0.614. The van der Waals surface area contributed by atoms with Crippen LogP contribution >= 0.6 is 0 Å². The molecule has 0 saturated heterocycles. The molecule has 4 nitrogen and oxygen atoms in total. The van der Waals surface area contributed by atoms with Gasteiger partial charge in [0.15, 0.2) is 17.7 Å². The first-order valence-corrected chi connectivity index (χ1v) is 7.49. The van der Waals surface area contributed by atoms with Crippen LogP contribution in [0.2, 0.25) is 0 Å². The number of rotatable bonds is 5. The van der Waals surface area contributed by atoms with E-state index in [0.29, 0.717) is 5.56 Å². The normalized spacial score (nSPS) is 18.3. The van der Waals surface area contributed by atoms with E-state index >= 15 is 0 Å². The van der Waals surface area contributed by atoms with Crippen molar-refractivity contribution in [3.05, 3.63) is 29.6 Å². The monoisotopic (exact) mass is 294 g/mol. The van der Waals surface area contributed by atoms with Gasteiger partial charge in [-0.1, -0.05) is 18.9 Å². The lowest BCUT2D eigenvalue weighted by Crippen LogP contribution is -2.41. The molecule has 0 radical (unpaired) electrons. The van der Waals surface area contributed by atoms with E-state index in [4.69, 9.17) is 10.5 Å². The number of hydrogen-bond acceptors (Lipinski definition) is 3. The Bertz CT molecular complexity index is 499. The number of amides is 1. The van der Waals surface area contributed by atoms with Crippen LogP contribution in [0.5, 0.6) is 5.75 Å². The molecule has 1 aliphatic carbocycles. The fourth-order valence-corrected chi connectivity index (χ4v) is 2.53. The van der Waals surface area contributed by atoms with Gasteiger partial charge in [-0.05, 0) is 44.4 Å². The number of carbonyl (C=O) groups is 1.